The topological polar surface area (TPSA) is 20.2 Å². The summed E-state index contributed by atoms with van der Waals surface area (Å²) in [5.41, 5.74) is 1.93. The highest BCUT2D eigenvalue weighted by Gasteiger charge is 2.35. The van der Waals surface area contributed by atoms with Crippen molar-refractivity contribution in [2.45, 2.75) is 44.6 Å². The first kappa shape index (κ1) is 10.6. The molecule has 0 spiro atoms. The molecule has 1 aliphatic carbocycles. The van der Waals surface area contributed by atoms with Crippen LogP contribution in [0.4, 0.5) is 4.39 Å². The summed E-state index contributed by atoms with van der Waals surface area (Å²) in [4.78, 5) is 0. The van der Waals surface area contributed by atoms with Gasteiger partial charge in [-0.1, -0.05) is 13.0 Å². The number of aliphatic hydroxyl groups is 1. The summed E-state index contributed by atoms with van der Waals surface area (Å²) < 4.78 is 13.3. The summed E-state index contributed by atoms with van der Waals surface area (Å²) in [6.45, 7) is 4.01. The number of benzene rings is 1. The van der Waals surface area contributed by atoms with Crippen LogP contribution in [0.5, 0.6) is 0 Å². The first-order valence-corrected chi connectivity index (χ1v) is 5.45. The maximum Gasteiger partial charge on any atom is 0.123 e. The van der Waals surface area contributed by atoms with Gasteiger partial charge in [0.1, 0.15) is 5.82 Å². The number of halogens is 1. The summed E-state index contributed by atoms with van der Waals surface area (Å²) in [6, 6.07) is 5.17. The molecule has 82 valence electrons. The lowest BCUT2D eigenvalue weighted by atomic mass is 9.80. The van der Waals surface area contributed by atoms with Gasteiger partial charge in [0, 0.05) is 0 Å². The van der Waals surface area contributed by atoms with Gasteiger partial charge in [0.2, 0.25) is 0 Å². The Labute approximate surface area is 89.9 Å². The van der Waals surface area contributed by atoms with E-state index in [-0.39, 0.29) is 17.3 Å². The van der Waals surface area contributed by atoms with Gasteiger partial charge in [-0.15, -0.1) is 0 Å². The highest BCUT2D eigenvalue weighted by atomic mass is 19.1. The standard InChI is InChI=1S/C13H17FO/c1-9-5-10(7-11(14)6-9)13(2)4-3-12(15)8-13/h5-7,12,15H,3-4,8H2,1-2H3. The van der Waals surface area contributed by atoms with E-state index in [9.17, 15) is 9.50 Å². The molecule has 1 aromatic carbocycles. The zero-order valence-corrected chi connectivity index (χ0v) is 9.26. The molecule has 0 aromatic heterocycles. The highest BCUT2D eigenvalue weighted by Crippen LogP contribution is 2.41. The Bertz CT molecular complexity index is 355. The largest absolute Gasteiger partial charge is 0.393 e. The quantitative estimate of drug-likeness (QED) is 0.752. The van der Waals surface area contributed by atoms with E-state index in [1.54, 1.807) is 6.07 Å². The van der Waals surface area contributed by atoms with Crippen LogP contribution in [0.3, 0.4) is 0 Å². The molecule has 15 heavy (non-hydrogen) atoms. The summed E-state index contributed by atoms with van der Waals surface area (Å²) in [5.74, 6) is -0.174. The maximum atomic E-state index is 13.3. The minimum atomic E-state index is -0.224. The molecule has 0 radical (unpaired) electrons. The molecule has 2 heteroatoms. The van der Waals surface area contributed by atoms with Crippen LogP contribution in [0, 0.1) is 12.7 Å². The number of hydrogen-bond donors (Lipinski definition) is 1. The van der Waals surface area contributed by atoms with Gasteiger partial charge in [0.25, 0.3) is 0 Å². The molecule has 0 bridgehead atoms. The molecule has 0 saturated heterocycles. The minimum Gasteiger partial charge on any atom is -0.393 e. The van der Waals surface area contributed by atoms with E-state index in [0.29, 0.717) is 0 Å². The fourth-order valence-electron chi connectivity index (χ4n) is 2.56. The third kappa shape index (κ3) is 2.05. The lowest BCUT2D eigenvalue weighted by molar-refractivity contribution is 0.175. The molecule has 1 fully saturated rings. The molecule has 1 nitrogen and oxygen atoms in total. The Hall–Kier alpha value is -0.890. The molecular formula is C13H17FO. The normalized spacial score (nSPS) is 30.8. The third-order valence-electron chi connectivity index (χ3n) is 3.45. The van der Waals surface area contributed by atoms with Crippen molar-refractivity contribution in [1.29, 1.82) is 0 Å². The summed E-state index contributed by atoms with van der Waals surface area (Å²) in [6.07, 6.45) is 2.29. The van der Waals surface area contributed by atoms with E-state index in [1.165, 1.54) is 6.07 Å². The number of aryl methyl sites for hydroxylation is 1. The summed E-state index contributed by atoms with van der Waals surface area (Å²) in [5, 5.41) is 9.57. The van der Waals surface area contributed by atoms with Crippen molar-refractivity contribution in [3.63, 3.8) is 0 Å². The lowest BCUT2D eigenvalue weighted by Gasteiger charge is -2.24. The Morgan fingerprint density at radius 1 is 1.40 bits per heavy atom. The van der Waals surface area contributed by atoms with Gasteiger partial charge in [0.05, 0.1) is 6.10 Å². The van der Waals surface area contributed by atoms with Crippen molar-refractivity contribution >= 4 is 0 Å². The average molecular weight is 208 g/mol. The first-order chi connectivity index (χ1) is 6.99. The molecule has 0 aliphatic heterocycles. The molecule has 1 saturated carbocycles. The molecule has 1 aliphatic rings. The van der Waals surface area contributed by atoms with Crippen molar-refractivity contribution < 1.29 is 9.50 Å². The van der Waals surface area contributed by atoms with E-state index in [4.69, 9.17) is 0 Å². The Balaban J connectivity index is 2.36. The molecule has 1 N–H and O–H groups in total. The van der Waals surface area contributed by atoms with Crippen molar-refractivity contribution in [1.82, 2.24) is 0 Å². The van der Waals surface area contributed by atoms with Gasteiger partial charge in [-0.3, -0.25) is 0 Å². The Morgan fingerprint density at radius 3 is 2.67 bits per heavy atom. The van der Waals surface area contributed by atoms with Gasteiger partial charge in [0.15, 0.2) is 0 Å². The van der Waals surface area contributed by atoms with Crippen molar-refractivity contribution in [2.24, 2.45) is 0 Å². The van der Waals surface area contributed by atoms with Crippen molar-refractivity contribution in [3.8, 4) is 0 Å². The van der Waals surface area contributed by atoms with Gasteiger partial charge < -0.3 is 5.11 Å². The van der Waals surface area contributed by atoms with Crippen molar-refractivity contribution in [3.05, 3.63) is 35.1 Å². The smallest absolute Gasteiger partial charge is 0.123 e. The minimum absolute atomic E-state index is 0.0493. The second kappa shape index (κ2) is 3.60. The summed E-state index contributed by atoms with van der Waals surface area (Å²) in [7, 11) is 0. The molecular weight excluding hydrogens is 191 g/mol. The van der Waals surface area contributed by atoms with E-state index < -0.39 is 0 Å². The molecule has 0 heterocycles. The van der Waals surface area contributed by atoms with Gasteiger partial charge >= 0.3 is 0 Å². The first-order valence-electron chi connectivity index (χ1n) is 5.45. The molecule has 2 unspecified atom stereocenters. The van der Waals surface area contributed by atoms with E-state index in [0.717, 1.165) is 30.4 Å². The molecule has 0 amide bonds. The van der Waals surface area contributed by atoms with Gasteiger partial charge in [-0.05, 0) is 54.9 Å². The monoisotopic (exact) mass is 208 g/mol. The van der Waals surface area contributed by atoms with Gasteiger partial charge in [-0.25, -0.2) is 4.39 Å². The van der Waals surface area contributed by atoms with Crippen LogP contribution in [0.25, 0.3) is 0 Å². The fourth-order valence-corrected chi connectivity index (χ4v) is 2.56. The maximum absolute atomic E-state index is 13.3. The lowest BCUT2D eigenvalue weighted by Crippen LogP contribution is -2.19. The van der Waals surface area contributed by atoms with E-state index in [2.05, 4.69) is 6.92 Å². The van der Waals surface area contributed by atoms with Crippen LogP contribution in [0.1, 0.15) is 37.3 Å². The fraction of sp³-hybridized carbons (Fsp3) is 0.538. The second-order valence-corrected chi connectivity index (χ2v) is 4.97. The number of rotatable bonds is 1. The van der Waals surface area contributed by atoms with Crippen LogP contribution < -0.4 is 0 Å². The third-order valence-corrected chi connectivity index (χ3v) is 3.45. The second-order valence-electron chi connectivity index (χ2n) is 4.97. The van der Waals surface area contributed by atoms with Gasteiger partial charge in [-0.2, -0.15) is 0 Å². The Kier molecular flexibility index (Phi) is 2.55. The zero-order chi connectivity index (χ0) is 11.1. The van der Waals surface area contributed by atoms with Crippen LogP contribution in [-0.2, 0) is 5.41 Å². The van der Waals surface area contributed by atoms with Crippen molar-refractivity contribution in [2.75, 3.05) is 0 Å². The van der Waals surface area contributed by atoms with Crippen LogP contribution in [-0.4, -0.2) is 11.2 Å². The molecule has 2 rings (SSSR count). The van der Waals surface area contributed by atoms with E-state index >= 15 is 0 Å². The number of aliphatic hydroxyl groups excluding tert-OH is 1. The molecule has 1 aromatic rings. The highest BCUT2D eigenvalue weighted by molar-refractivity contribution is 5.31. The predicted molar refractivity (Wildman–Crippen MR) is 58.3 cm³/mol. The molecule has 2 atom stereocenters. The predicted octanol–water partition coefficient (Wildman–Crippen LogP) is 2.94. The van der Waals surface area contributed by atoms with Crippen LogP contribution >= 0.6 is 0 Å². The van der Waals surface area contributed by atoms with Crippen LogP contribution in [0.15, 0.2) is 18.2 Å². The van der Waals surface area contributed by atoms with Crippen LogP contribution in [0.2, 0.25) is 0 Å². The van der Waals surface area contributed by atoms with E-state index in [1.807, 2.05) is 13.0 Å². The average Bonchev–Trinajstić information content (AvgIpc) is 2.46. The Morgan fingerprint density at radius 2 is 2.13 bits per heavy atom. The SMILES string of the molecule is Cc1cc(F)cc(C2(C)CCC(O)C2)c1. The number of hydrogen-bond acceptors (Lipinski definition) is 1. The zero-order valence-electron chi connectivity index (χ0n) is 9.26. The summed E-state index contributed by atoms with van der Waals surface area (Å²) >= 11 is 0.